The van der Waals surface area contributed by atoms with E-state index in [0.717, 1.165) is 29.2 Å². The molecule has 0 aliphatic heterocycles. The van der Waals surface area contributed by atoms with E-state index in [1.54, 1.807) is 11.3 Å². The van der Waals surface area contributed by atoms with Gasteiger partial charge in [-0.05, 0) is 30.4 Å². The number of carbonyl (C=O) groups excluding carboxylic acids is 1. The van der Waals surface area contributed by atoms with E-state index in [1.807, 2.05) is 25.9 Å². The van der Waals surface area contributed by atoms with E-state index in [-0.39, 0.29) is 11.8 Å². The van der Waals surface area contributed by atoms with Crippen LogP contribution in [0.25, 0.3) is 0 Å². The molecule has 0 bridgehead atoms. The van der Waals surface area contributed by atoms with Crippen LogP contribution in [0, 0.1) is 5.92 Å². The third-order valence-electron chi connectivity index (χ3n) is 4.12. The Kier molecular flexibility index (Phi) is 7.00. The van der Waals surface area contributed by atoms with Gasteiger partial charge in [0.05, 0.1) is 11.6 Å². The van der Waals surface area contributed by atoms with Crippen LogP contribution in [-0.4, -0.2) is 31.5 Å². The van der Waals surface area contributed by atoms with Gasteiger partial charge < -0.3 is 10.2 Å². The van der Waals surface area contributed by atoms with Gasteiger partial charge in [-0.3, -0.25) is 4.79 Å². The minimum absolute atomic E-state index is 0.0691. The van der Waals surface area contributed by atoms with Crippen LogP contribution in [0.15, 0.2) is 29.6 Å². The largest absolute Gasteiger partial charge is 0.355 e. The predicted octanol–water partition coefficient (Wildman–Crippen LogP) is 3.87. The summed E-state index contributed by atoms with van der Waals surface area (Å²) in [5, 5.41) is 6.08. The third-order valence-corrected chi connectivity index (χ3v) is 5.18. The first-order chi connectivity index (χ1) is 11.9. The lowest BCUT2D eigenvalue weighted by molar-refractivity contribution is -0.122. The lowest BCUT2D eigenvalue weighted by Crippen LogP contribution is -2.29. The summed E-state index contributed by atoms with van der Waals surface area (Å²) < 4.78 is 0. The van der Waals surface area contributed by atoms with Crippen LogP contribution in [0.5, 0.6) is 0 Å². The van der Waals surface area contributed by atoms with Gasteiger partial charge in [0.1, 0.15) is 0 Å². The number of rotatable bonds is 8. The predicted molar refractivity (Wildman–Crippen MR) is 107 cm³/mol. The van der Waals surface area contributed by atoms with Crippen LogP contribution >= 0.6 is 11.3 Å². The lowest BCUT2D eigenvalue weighted by atomic mass is 9.96. The molecule has 136 valence electrons. The molecule has 1 amide bonds. The average Bonchev–Trinajstić information content (AvgIpc) is 3.03. The molecule has 0 radical (unpaired) electrons. The highest BCUT2D eigenvalue weighted by atomic mass is 32.1. The number of nitrogens with one attached hydrogen (secondary N) is 1. The maximum Gasteiger partial charge on any atom is 0.227 e. The van der Waals surface area contributed by atoms with Gasteiger partial charge in [-0.15, -0.1) is 11.3 Å². The van der Waals surface area contributed by atoms with E-state index in [4.69, 9.17) is 0 Å². The smallest absolute Gasteiger partial charge is 0.227 e. The summed E-state index contributed by atoms with van der Waals surface area (Å²) in [6.07, 6.45) is 1.83. The maximum atomic E-state index is 12.4. The molecule has 0 spiro atoms. The highest BCUT2D eigenvalue weighted by Gasteiger charge is 2.15. The molecule has 0 unspecified atom stereocenters. The fourth-order valence-corrected chi connectivity index (χ4v) is 3.44. The second-order valence-corrected chi connectivity index (χ2v) is 7.95. The van der Waals surface area contributed by atoms with E-state index in [2.05, 4.69) is 53.8 Å². The van der Waals surface area contributed by atoms with Gasteiger partial charge in [0.25, 0.3) is 0 Å². The molecule has 1 aromatic carbocycles. The maximum absolute atomic E-state index is 12.4. The molecular weight excluding hydrogens is 330 g/mol. The summed E-state index contributed by atoms with van der Waals surface area (Å²) in [5.41, 5.74) is 3.42. The van der Waals surface area contributed by atoms with Crippen LogP contribution < -0.4 is 10.2 Å². The van der Waals surface area contributed by atoms with Crippen molar-refractivity contribution in [2.45, 2.75) is 39.5 Å². The van der Waals surface area contributed by atoms with Crippen molar-refractivity contribution >= 4 is 22.4 Å². The van der Waals surface area contributed by atoms with Gasteiger partial charge in [-0.2, -0.15) is 0 Å². The van der Waals surface area contributed by atoms with Crippen molar-refractivity contribution in [1.29, 1.82) is 0 Å². The number of hydrogen-bond acceptors (Lipinski definition) is 4. The molecule has 0 aliphatic rings. The standard InChI is InChI=1S/C20H29N3OS/c1-14(2)12-16-6-8-17(9-7-16)15(3)19(24)21-11-10-18-13-25-20(22-18)23(4)5/h6-9,13-15H,10-12H2,1-5H3,(H,21,24)/t15-/m0/s1. The van der Waals surface area contributed by atoms with E-state index in [9.17, 15) is 4.79 Å². The zero-order valence-electron chi connectivity index (χ0n) is 15.9. The van der Waals surface area contributed by atoms with Crippen molar-refractivity contribution in [3.05, 3.63) is 46.5 Å². The summed E-state index contributed by atoms with van der Waals surface area (Å²) in [5.74, 6) is 0.575. The highest BCUT2D eigenvalue weighted by Crippen LogP contribution is 2.19. The summed E-state index contributed by atoms with van der Waals surface area (Å²) in [6, 6.07) is 8.42. The number of hydrogen-bond donors (Lipinski definition) is 1. The van der Waals surface area contributed by atoms with Gasteiger partial charge in [-0.1, -0.05) is 38.1 Å². The molecule has 0 saturated heterocycles. The van der Waals surface area contributed by atoms with Crippen molar-refractivity contribution in [2.24, 2.45) is 5.92 Å². The molecule has 2 rings (SSSR count). The first kappa shape index (κ1) is 19.4. The Morgan fingerprint density at radius 2 is 1.88 bits per heavy atom. The van der Waals surface area contributed by atoms with E-state index >= 15 is 0 Å². The molecule has 1 aromatic heterocycles. The van der Waals surface area contributed by atoms with Gasteiger partial charge in [0, 0.05) is 32.4 Å². The van der Waals surface area contributed by atoms with Crippen molar-refractivity contribution in [2.75, 3.05) is 25.5 Å². The minimum Gasteiger partial charge on any atom is -0.355 e. The number of aromatic nitrogens is 1. The fourth-order valence-electron chi connectivity index (χ4n) is 2.65. The molecule has 2 aromatic rings. The summed E-state index contributed by atoms with van der Waals surface area (Å²) >= 11 is 1.63. The molecule has 1 N–H and O–H groups in total. The highest BCUT2D eigenvalue weighted by molar-refractivity contribution is 7.13. The molecular formula is C20H29N3OS. The minimum atomic E-state index is -0.138. The summed E-state index contributed by atoms with van der Waals surface area (Å²) in [7, 11) is 3.97. The molecule has 1 heterocycles. The molecule has 25 heavy (non-hydrogen) atoms. The first-order valence-corrected chi connectivity index (χ1v) is 9.73. The Labute approximate surface area is 155 Å². The fraction of sp³-hybridized carbons (Fsp3) is 0.500. The first-order valence-electron chi connectivity index (χ1n) is 8.85. The Morgan fingerprint density at radius 1 is 1.20 bits per heavy atom. The zero-order chi connectivity index (χ0) is 18.4. The monoisotopic (exact) mass is 359 g/mol. The second kappa shape index (κ2) is 8.99. The van der Waals surface area contributed by atoms with Crippen molar-refractivity contribution in [1.82, 2.24) is 10.3 Å². The number of carbonyl (C=O) groups is 1. The normalized spacial score (nSPS) is 12.2. The van der Waals surface area contributed by atoms with Crippen molar-refractivity contribution < 1.29 is 4.79 Å². The topological polar surface area (TPSA) is 45.2 Å². The molecule has 0 fully saturated rings. The summed E-state index contributed by atoms with van der Waals surface area (Å²) in [6.45, 7) is 7.01. The molecule has 4 nitrogen and oxygen atoms in total. The van der Waals surface area contributed by atoms with Crippen LogP contribution in [-0.2, 0) is 17.6 Å². The van der Waals surface area contributed by atoms with Gasteiger partial charge in [0.2, 0.25) is 5.91 Å². The molecule has 5 heteroatoms. The van der Waals surface area contributed by atoms with E-state index in [1.165, 1.54) is 5.56 Å². The van der Waals surface area contributed by atoms with Gasteiger partial charge in [0.15, 0.2) is 5.13 Å². The number of nitrogens with zero attached hydrogens (tertiary/aromatic N) is 2. The molecule has 0 saturated carbocycles. The second-order valence-electron chi connectivity index (χ2n) is 7.12. The molecule has 0 aliphatic carbocycles. The SMILES string of the molecule is CC(C)Cc1ccc([C@H](C)C(=O)NCCc2csc(N(C)C)n2)cc1. The Morgan fingerprint density at radius 3 is 2.44 bits per heavy atom. The number of benzene rings is 1. The molecule has 1 atom stereocenters. The Balaban J connectivity index is 1.83. The third kappa shape index (κ3) is 5.85. The van der Waals surface area contributed by atoms with E-state index < -0.39 is 0 Å². The lowest BCUT2D eigenvalue weighted by Gasteiger charge is -2.13. The van der Waals surface area contributed by atoms with Crippen molar-refractivity contribution in [3.8, 4) is 0 Å². The van der Waals surface area contributed by atoms with Crippen molar-refractivity contribution in [3.63, 3.8) is 0 Å². The Bertz CT molecular complexity index is 677. The van der Waals surface area contributed by atoms with E-state index in [0.29, 0.717) is 12.5 Å². The quantitative estimate of drug-likeness (QED) is 0.778. The zero-order valence-corrected chi connectivity index (χ0v) is 16.7. The van der Waals surface area contributed by atoms with Crippen LogP contribution in [0.2, 0.25) is 0 Å². The van der Waals surface area contributed by atoms with Crippen LogP contribution in [0.3, 0.4) is 0 Å². The summed E-state index contributed by atoms with van der Waals surface area (Å²) in [4.78, 5) is 18.9. The number of amides is 1. The number of anilines is 1. The number of thiazole rings is 1. The average molecular weight is 360 g/mol. The van der Waals surface area contributed by atoms with Crippen LogP contribution in [0.1, 0.15) is 43.5 Å². The van der Waals surface area contributed by atoms with Crippen LogP contribution in [0.4, 0.5) is 5.13 Å². The van der Waals surface area contributed by atoms with Gasteiger partial charge in [-0.25, -0.2) is 4.98 Å². The Hall–Kier alpha value is -1.88. The van der Waals surface area contributed by atoms with Gasteiger partial charge >= 0.3 is 0 Å².